The Hall–Kier alpha value is -1.15. The summed E-state index contributed by atoms with van der Waals surface area (Å²) in [4.78, 5) is 0. The predicted molar refractivity (Wildman–Crippen MR) is 70.6 cm³/mol. The number of anilines is 1. The van der Waals surface area contributed by atoms with E-state index in [1.54, 1.807) is 0 Å². The molecule has 4 nitrogen and oxygen atoms in total. The Balaban J connectivity index is 2.77. The van der Waals surface area contributed by atoms with Gasteiger partial charge in [0.25, 0.3) is 0 Å². The number of nitrogens with one attached hydrogen (secondary N) is 1. The van der Waals surface area contributed by atoms with Crippen molar-refractivity contribution in [2.45, 2.75) is 25.9 Å². The van der Waals surface area contributed by atoms with E-state index in [1.807, 2.05) is 4.72 Å². The molecule has 0 saturated carbocycles. The number of aryl methyl sites for hydroxylation is 1. The van der Waals surface area contributed by atoms with Gasteiger partial charge in [-0.05, 0) is 31.0 Å². The van der Waals surface area contributed by atoms with Gasteiger partial charge in [-0.2, -0.15) is 13.2 Å². The largest absolute Gasteiger partial charge is 0.505 e. The van der Waals surface area contributed by atoms with Crippen molar-refractivity contribution in [3.63, 3.8) is 0 Å². The first-order chi connectivity index (χ1) is 9.00. The van der Waals surface area contributed by atoms with Gasteiger partial charge in [-0.3, -0.25) is 4.72 Å². The van der Waals surface area contributed by atoms with Gasteiger partial charge < -0.3 is 5.11 Å². The fraction of sp³-hybridized carbons (Fsp3) is 0.455. The summed E-state index contributed by atoms with van der Waals surface area (Å²) in [5.41, 5.74) is 0.201. The van der Waals surface area contributed by atoms with Crippen molar-refractivity contribution < 1.29 is 26.7 Å². The first-order valence-corrected chi connectivity index (χ1v) is 7.59. The molecule has 20 heavy (non-hydrogen) atoms. The van der Waals surface area contributed by atoms with Crippen LogP contribution < -0.4 is 4.72 Å². The van der Waals surface area contributed by atoms with Crippen molar-refractivity contribution in [1.29, 1.82) is 0 Å². The van der Waals surface area contributed by atoms with Crippen LogP contribution in [0.25, 0.3) is 0 Å². The lowest BCUT2D eigenvalue weighted by molar-refractivity contribution is -0.134. The number of phenolic OH excluding ortho intramolecular Hbond substituents is 1. The van der Waals surface area contributed by atoms with Crippen LogP contribution in [-0.2, 0) is 10.0 Å². The van der Waals surface area contributed by atoms with Crippen molar-refractivity contribution in [3.8, 4) is 5.75 Å². The molecule has 1 aromatic rings. The van der Waals surface area contributed by atoms with Crippen molar-refractivity contribution in [2.24, 2.45) is 0 Å². The van der Waals surface area contributed by atoms with Gasteiger partial charge in [-0.15, -0.1) is 0 Å². The van der Waals surface area contributed by atoms with Crippen molar-refractivity contribution in [3.05, 3.63) is 22.7 Å². The van der Waals surface area contributed by atoms with E-state index in [0.717, 1.165) is 0 Å². The maximum atomic E-state index is 12.0. The first kappa shape index (κ1) is 16.9. The van der Waals surface area contributed by atoms with E-state index in [2.05, 4.69) is 0 Å². The molecule has 0 radical (unpaired) electrons. The second-order valence-electron chi connectivity index (χ2n) is 4.26. The summed E-state index contributed by atoms with van der Waals surface area (Å²) in [7, 11) is -3.98. The lowest BCUT2D eigenvalue weighted by atomic mass is 10.2. The minimum Gasteiger partial charge on any atom is -0.505 e. The standard InChI is InChI=1S/C11H13ClF3NO3S/c1-7-5-8(12)6-9(10(7)17)16-20(18,19)4-2-3-11(13,14)15/h5-6,16-17H,2-4H2,1H3. The molecule has 0 aliphatic heterocycles. The maximum Gasteiger partial charge on any atom is 0.389 e. The molecule has 0 spiro atoms. The van der Waals surface area contributed by atoms with Gasteiger partial charge in [-0.1, -0.05) is 11.6 Å². The number of hydrogen-bond donors (Lipinski definition) is 2. The van der Waals surface area contributed by atoms with Crippen LogP contribution in [-0.4, -0.2) is 25.5 Å². The van der Waals surface area contributed by atoms with Crippen LogP contribution in [0.2, 0.25) is 5.02 Å². The Morgan fingerprint density at radius 3 is 2.50 bits per heavy atom. The van der Waals surface area contributed by atoms with Crippen LogP contribution in [0.15, 0.2) is 12.1 Å². The van der Waals surface area contributed by atoms with Gasteiger partial charge in [0.05, 0.1) is 11.4 Å². The van der Waals surface area contributed by atoms with Crippen LogP contribution in [0.1, 0.15) is 18.4 Å². The molecule has 0 aliphatic rings. The molecule has 1 rings (SSSR count). The number of hydrogen-bond acceptors (Lipinski definition) is 3. The molecule has 0 amide bonds. The van der Waals surface area contributed by atoms with Crippen molar-refractivity contribution in [2.75, 3.05) is 10.5 Å². The Morgan fingerprint density at radius 1 is 1.35 bits per heavy atom. The second kappa shape index (κ2) is 6.09. The summed E-state index contributed by atoms with van der Waals surface area (Å²) in [6.07, 6.45) is -6.14. The summed E-state index contributed by atoms with van der Waals surface area (Å²) in [6, 6.07) is 2.61. The van der Waals surface area contributed by atoms with Gasteiger partial charge in [0.15, 0.2) is 0 Å². The highest BCUT2D eigenvalue weighted by Gasteiger charge is 2.27. The Kier molecular flexibility index (Phi) is 5.15. The van der Waals surface area contributed by atoms with Crippen LogP contribution in [0.5, 0.6) is 5.75 Å². The van der Waals surface area contributed by atoms with Gasteiger partial charge >= 0.3 is 6.18 Å². The molecule has 0 aliphatic carbocycles. The summed E-state index contributed by atoms with van der Waals surface area (Å²) < 4.78 is 61.1. The third kappa shape index (κ3) is 5.46. The number of benzene rings is 1. The molecule has 0 bridgehead atoms. The summed E-state index contributed by atoms with van der Waals surface area (Å²) >= 11 is 5.72. The zero-order valence-electron chi connectivity index (χ0n) is 10.5. The third-order valence-corrected chi connectivity index (χ3v) is 3.98. The SMILES string of the molecule is Cc1cc(Cl)cc(NS(=O)(=O)CCCC(F)(F)F)c1O. The first-order valence-electron chi connectivity index (χ1n) is 5.56. The molecule has 2 N–H and O–H groups in total. The van der Waals surface area contributed by atoms with Crippen molar-refractivity contribution >= 4 is 27.3 Å². The molecule has 0 saturated heterocycles. The smallest absolute Gasteiger partial charge is 0.389 e. The number of alkyl halides is 3. The summed E-state index contributed by atoms with van der Waals surface area (Å²) in [5.74, 6) is -1.01. The molecule has 0 heterocycles. The fourth-order valence-corrected chi connectivity index (χ4v) is 2.88. The summed E-state index contributed by atoms with van der Waals surface area (Å²) in [5, 5.41) is 9.88. The zero-order valence-corrected chi connectivity index (χ0v) is 12.0. The highest BCUT2D eigenvalue weighted by molar-refractivity contribution is 7.92. The van der Waals surface area contributed by atoms with E-state index in [1.165, 1.54) is 19.1 Å². The van der Waals surface area contributed by atoms with Crippen molar-refractivity contribution in [1.82, 2.24) is 0 Å². The van der Waals surface area contributed by atoms with Gasteiger partial charge in [0.1, 0.15) is 5.75 Å². The average molecular weight is 332 g/mol. The average Bonchev–Trinajstić information content (AvgIpc) is 2.22. The number of aromatic hydroxyl groups is 1. The van der Waals surface area contributed by atoms with Crippen LogP contribution >= 0.6 is 11.6 Å². The minimum absolute atomic E-state index is 0.151. The van der Waals surface area contributed by atoms with E-state index < -0.39 is 34.8 Å². The van der Waals surface area contributed by atoms with Crippen LogP contribution in [0, 0.1) is 6.92 Å². The third-order valence-electron chi connectivity index (χ3n) is 2.40. The van der Waals surface area contributed by atoms with Gasteiger partial charge in [-0.25, -0.2) is 8.42 Å². The molecule has 114 valence electrons. The van der Waals surface area contributed by atoms with Gasteiger partial charge in [0, 0.05) is 11.4 Å². The highest BCUT2D eigenvalue weighted by Crippen LogP contribution is 2.32. The summed E-state index contributed by atoms with van der Waals surface area (Å²) in [6.45, 7) is 1.52. The quantitative estimate of drug-likeness (QED) is 0.812. The molecular weight excluding hydrogens is 319 g/mol. The number of phenols is 1. The number of sulfonamides is 1. The Labute approximate surface area is 119 Å². The van der Waals surface area contributed by atoms with Gasteiger partial charge in [0.2, 0.25) is 10.0 Å². The maximum absolute atomic E-state index is 12.0. The molecule has 0 fully saturated rings. The monoisotopic (exact) mass is 331 g/mol. The molecule has 0 aromatic heterocycles. The fourth-order valence-electron chi connectivity index (χ4n) is 1.49. The predicted octanol–water partition coefficient (Wildman–Crippen LogP) is 3.44. The minimum atomic E-state index is -4.40. The number of halogens is 4. The molecule has 9 heteroatoms. The number of rotatable bonds is 5. The normalized spacial score (nSPS) is 12.4. The lowest BCUT2D eigenvalue weighted by Gasteiger charge is -2.12. The van der Waals surface area contributed by atoms with Crippen LogP contribution in [0.3, 0.4) is 0 Å². The Bertz CT molecular complexity index is 587. The zero-order chi connectivity index (χ0) is 15.6. The molecule has 1 aromatic carbocycles. The van der Waals surface area contributed by atoms with E-state index in [0.29, 0.717) is 5.56 Å². The van der Waals surface area contributed by atoms with E-state index >= 15 is 0 Å². The molecular formula is C11H13ClF3NO3S. The topological polar surface area (TPSA) is 66.4 Å². The second-order valence-corrected chi connectivity index (χ2v) is 6.54. The van der Waals surface area contributed by atoms with E-state index in [-0.39, 0.29) is 16.5 Å². The highest BCUT2D eigenvalue weighted by atomic mass is 35.5. The lowest BCUT2D eigenvalue weighted by Crippen LogP contribution is -2.19. The van der Waals surface area contributed by atoms with Crippen LogP contribution in [0.4, 0.5) is 18.9 Å². The Morgan fingerprint density at radius 2 is 1.95 bits per heavy atom. The molecule has 0 atom stereocenters. The molecule has 0 unspecified atom stereocenters. The van der Waals surface area contributed by atoms with E-state index in [4.69, 9.17) is 11.6 Å². The van der Waals surface area contributed by atoms with E-state index in [9.17, 15) is 26.7 Å².